The number of rotatable bonds is 4. The zero-order valence-corrected chi connectivity index (χ0v) is 12.6. The quantitative estimate of drug-likeness (QED) is 0.670. The highest BCUT2D eigenvalue weighted by Crippen LogP contribution is 2.39. The van der Waals surface area contributed by atoms with Gasteiger partial charge in [0.1, 0.15) is 0 Å². The van der Waals surface area contributed by atoms with Gasteiger partial charge < -0.3 is 10.7 Å². The van der Waals surface area contributed by atoms with Gasteiger partial charge in [0, 0.05) is 18.5 Å². The van der Waals surface area contributed by atoms with Crippen LogP contribution in [0.2, 0.25) is 0 Å². The van der Waals surface area contributed by atoms with Crippen LogP contribution in [-0.4, -0.2) is 44.0 Å². The minimum absolute atomic E-state index is 0.179. The lowest BCUT2D eigenvalue weighted by Crippen LogP contribution is -2.43. The van der Waals surface area contributed by atoms with E-state index in [4.69, 9.17) is 5.84 Å². The molecule has 7 heteroatoms. The highest BCUT2D eigenvalue weighted by molar-refractivity contribution is 7.99. The molecule has 1 saturated heterocycles. The van der Waals surface area contributed by atoms with Gasteiger partial charge >= 0.3 is 0 Å². The molecule has 0 aromatic carbocycles. The van der Waals surface area contributed by atoms with E-state index in [0.717, 1.165) is 38.1 Å². The molecule has 1 aliphatic carbocycles. The molecule has 2 aliphatic rings. The molecule has 1 aromatic rings. The molecular formula is C13H21N5OS. The van der Waals surface area contributed by atoms with Gasteiger partial charge in [-0.1, -0.05) is 11.8 Å². The van der Waals surface area contributed by atoms with E-state index in [0.29, 0.717) is 22.9 Å². The second-order valence-corrected chi connectivity index (χ2v) is 6.65. The number of amides is 1. The first kappa shape index (κ1) is 13.7. The zero-order chi connectivity index (χ0) is 14.1. The second-order valence-electron chi connectivity index (χ2n) is 5.71. The minimum atomic E-state index is 0.179. The van der Waals surface area contributed by atoms with Crippen LogP contribution in [0.5, 0.6) is 0 Å². The summed E-state index contributed by atoms with van der Waals surface area (Å²) in [5, 5.41) is 8.86. The van der Waals surface area contributed by atoms with E-state index in [1.807, 2.05) is 4.90 Å². The summed E-state index contributed by atoms with van der Waals surface area (Å²) in [5.41, 5.74) is 0. The Morgan fingerprint density at radius 2 is 2.15 bits per heavy atom. The number of nitrogens with two attached hydrogens (primary N) is 1. The number of thioether (sulfide) groups is 1. The summed E-state index contributed by atoms with van der Waals surface area (Å²) < 4.78 is 1.55. The predicted octanol–water partition coefficient (Wildman–Crippen LogP) is 1.36. The van der Waals surface area contributed by atoms with Gasteiger partial charge in [0.2, 0.25) is 11.1 Å². The molecule has 0 spiro atoms. The van der Waals surface area contributed by atoms with E-state index in [1.165, 1.54) is 18.2 Å². The van der Waals surface area contributed by atoms with Crippen molar-refractivity contribution in [3.63, 3.8) is 0 Å². The predicted molar refractivity (Wildman–Crippen MR) is 77.9 cm³/mol. The lowest BCUT2D eigenvalue weighted by atomic mass is 10.0. The van der Waals surface area contributed by atoms with Crippen molar-refractivity contribution in [3.05, 3.63) is 5.82 Å². The Morgan fingerprint density at radius 1 is 1.35 bits per heavy atom. The fraction of sp³-hybridized carbons (Fsp3) is 0.769. The molecular weight excluding hydrogens is 274 g/mol. The van der Waals surface area contributed by atoms with Crippen molar-refractivity contribution in [2.45, 2.75) is 56.1 Å². The first-order chi connectivity index (χ1) is 9.66. The third kappa shape index (κ3) is 2.77. The molecule has 1 atom stereocenters. The normalized spacial score (nSPS) is 23.1. The Hall–Kier alpha value is -1.24. The average molecular weight is 295 g/mol. The number of carbonyl (C=O) groups excluding carboxylic acids is 1. The number of hydrogen-bond acceptors (Lipinski definition) is 5. The lowest BCUT2D eigenvalue weighted by Gasteiger charge is -2.33. The van der Waals surface area contributed by atoms with Gasteiger partial charge in [-0.2, -0.15) is 0 Å². The van der Waals surface area contributed by atoms with E-state index < -0.39 is 0 Å². The maximum absolute atomic E-state index is 12.3. The Bertz CT molecular complexity index is 499. The SMILES string of the molecule is C[C@H]1CCCCN1C(=O)CSc1nnc(C2CC2)n1N. The van der Waals surface area contributed by atoms with E-state index in [9.17, 15) is 4.79 Å². The molecule has 1 aromatic heterocycles. The average Bonchev–Trinajstić information content (AvgIpc) is 3.21. The smallest absolute Gasteiger partial charge is 0.233 e. The van der Waals surface area contributed by atoms with Crippen molar-refractivity contribution in [3.8, 4) is 0 Å². The zero-order valence-electron chi connectivity index (χ0n) is 11.8. The van der Waals surface area contributed by atoms with Crippen LogP contribution in [-0.2, 0) is 4.79 Å². The standard InChI is InChI=1S/C13H21N5OS/c1-9-4-2-3-7-17(9)11(19)8-20-13-16-15-12(18(13)14)10-5-6-10/h9-10H,2-8,14H2,1H3/t9-/m0/s1. The first-order valence-electron chi connectivity index (χ1n) is 7.29. The first-order valence-corrected chi connectivity index (χ1v) is 8.28. The van der Waals surface area contributed by atoms with Crippen LogP contribution in [0.25, 0.3) is 0 Å². The summed E-state index contributed by atoms with van der Waals surface area (Å²) in [6, 6.07) is 0.356. The van der Waals surface area contributed by atoms with Gasteiger partial charge in [-0.15, -0.1) is 10.2 Å². The molecule has 1 amide bonds. The molecule has 110 valence electrons. The Balaban J connectivity index is 1.57. The maximum Gasteiger partial charge on any atom is 0.233 e. The van der Waals surface area contributed by atoms with E-state index >= 15 is 0 Å². The van der Waals surface area contributed by atoms with Crippen LogP contribution in [0.15, 0.2) is 5.16 Å². The second kappa shape index (κ2) is 5.63. The fourth-order valence-corrected chi connectivity index (χ4v) is 3.43. The Morgan fingerprint density at radius 3 is 2.85 bits per heavy atom. The number of carbonyl (C=O) groups is 1. The molecule has 2 fully saturated rings. The summed E-state index contributed by atoms with van der Waals surface area (Å²) in [5.74, 6) is 7.88. The molecule has 2 N–H and O–H groups in total. The summed E-state index contributed by atoms with van der Waals surface area (Å²) in [4.78, 5) is 14.2. The van der Waals surface area contributed by atoms with Crippen LogP contribution < -0.4 is 5.84 Å². The number of nitrogen functional groups attached to an aromatic ring is 1. The summed E-state index contributed by atoms with van der Waals surface area (Å²) in [6.07, 6.45) is 5.73. The van der Waals surface area contributed by atoms with Gasteiger partial charge in [-0.3, -0.25) is 4.79 Å². The third-order valence-electron chi connectivity index (χ3n) is 4.08. The number of piperidine rings is 1. The monoisotopic (exact) mass is 295 g/mol. The topological polar surface area (TPSA) is 77.0 Å². The fourth-order valence-electron chi connectivity index (χ4n) is 2.68. The Labute approximate surface area is 123 Å². The summed E-state index contributed by atoms with van der Waals surface area (Å²) in [7, 11) is 0. The van der Waals surface area contributed by atoms with Crippen LogP contribution in [0, 0.1) is 0 Å². The van der Waals surface area contributed by atoms with Crippen molar-refractivity contribution in [2.24, 2.45) is 0 Å². The van der Waals surface area contributed by atoms with Crippen LogP contribution in [0.3, 0.4) is 0 Å². The molecule has 0 unspecified atom stereocenters. The lowest BCUT2D eigenvalue weighted by molar-refractivity contribution is -0.131. The van der Waals surface area contributed by atoms with Gasteiger partial charge in [-0.25, -0.2) is 4.68 Å². The van der Waals surface area contributed by atoms with E-state index in [2.05, 4.69) is 17.1 Å². The molecule has 1 saturated carbocycles. The van der Waals surface area contributed by atoms with Gasteiger partial charge in [0.15, 0.2) is 5.82 Å². The summed E-state index contributed by atoms with van der Waals surface area (Å²) in [6.45, 7) is 3.00. The summed E-state index contributed by atoms with van der Waals surface area (Å²) >= 11 is 1.39. The van der Waals surface area contributed by atoms with Crippen molar-refractivity contribution in [1.82, 2.24) is 19.8 Å². The van der Waals surface area contributed by atoms with Gasteiger partial charge in [-0.05, 0) is 39.0 Å². The molecule has 2 heterocycles. The van der Waals surface area contributed by atoms with Crippen molar-refractivity contribution in [1.29, 1.82) is 0 Å². The molecule has 6 nitrogen and oxygen atoms in total. The largest absolute Gasteiger partial charge is 0.339 e. The van der Waals surface area contributed by atoms with Crippen LogP contribution in [0.4, 0.5) is 0 Å². The highest BCUT2D eigenvalue weighted by Gasteiger charge is 2.30. The van der Waals surface area contributed by atoms with Crippen LogP contribution in [0.1, 0.15) is 50.8 Å². The highest BCUT2D eigenvalue weighted by atomic mass is 32.2. The van der Waals surface area contributed by atoms with E-state index in [1.54, 1.807) is 4.68 Å². The van der Waals surface area contributed by atoms with Crippen molar-refractivity contribution >= 4 is 17.7 Å². The van der Waals surface area contributed by atoms with Crippen LogP contribution >= 0.6 is 11.8 Å². The Kier molecular flexibility index (Phi) is 3.87. The van der Waals surface area contributed by atoms with Crippen molar-refractivity contribution < 1.29 is 4.79 Å². The van der Waals surface area contributed by atoms with Gasteiger partial charge in [0.05, 0.1) is 5.75 Å². The van der Waals surface area contributed by atoms with Gasteiger partial charge in [0.25, 0.3) is 0 Å². The maximum atomic E-state index is 12.3. The number of aromatic nitrogens is 3. The number of hydrogen-bond donors (Lipinski definition) is 1. The van der Waals surface area contributed by atoms with E-state index in [-0.39, 0.29) is 5.91 Å². The molecule has 0 radical (unpaired) electrons. The minimum Gasteiger partial charge on any atom is -0.339 e. The van der Waals surface area contributed by atoms with Crippen molar-refractivity contribution in [2.75, 3.05) is 18.1 Å². The molecule has 0 bridgehead atoms. The number of nitrogens with zero attached hydrogens (tertiary/aromatic N) is 4. The molecule has 1 aliphatic heterocycles. The number of likely N-dealkylation sites (tertiary alicyclic amines) is 1. The molecule has 3 rings (SSSR count). The molecule has 20 heavy (non-hydrogen) atoms. The third-order valence-corrected chi connectivity index (χ3v) is 5.01.